The Hall–Kier alpha value is -2.53. The Morgan fingerprint density at radius 1 is 0.971 bits per heavy atom. The molecule has 0 N–H and O–H groups in total. The molecule has 1 aliphatic rings. The van der Waals surface area contributed by atoms with Crippen molar-refractivity contribution in [3.8, 4) is 21.9 Å². The Morgan fingerprint density at radius 2 is 1.76 bits per heavy atom. The Morgan fingerprint density at radius 3 is 2.53 bits per heavy atom. The summed E-state index contributed by atoms with van der Waals surface area (Å²) < 4.78 is 12.6. The highest BCUT2D eigenvalue weighted by Gasteiger charge is 2.16. The average molecular weight is 492 g/mol. The van der Waals surface area contributed by atoms with Crippen LogP contribution in [0, 0.1) is 0 Å². The van der Waals surface area contributed by atoms with E-state index in [2.05, 4.69) is 59.5 Å². The Labute approximate surface area is 210 Å². The Bertz CT molecular complexity index is 1240. The van der Waals surface area contributed by atoms with Crippen LogP contribution in [-0.4, -0.2) is 38.3 Å². The quantitative estimate of drug-likeness (QED) is 0.224. The largest absolute Gasteiger partial charge is 0.495 e. The molecule has 3 nitrogen and oxygen atoms in total. The van der Waals surface area contributed by atoms with E-state index in [9.17, 15) is 0 Å². The molecule has 0 aliphatic carbocycles. The third kappa shape index (κ3) is 5.25. The van der Waals surface area contributed by atoms with Crippen LogP contribution in [0.25, 0.3) is 20.5 Å². The van der Waals surface area contributed by atoms with Gasteiger partial charge in [-0.1, -0.05) is 41.9 Å². The minimum atomic E-state index is 0.634. The van der Waals surface area contributed by atoms with Gasteiger partial charge < -0.3 is 14.4 Å². The number of likely N-dealkylation sites (tertiary alicyclic amines) is 1. The molecule has 1 saturated heterocycles. The summed E-state index contributed by atoms with van der Waals surface area (Å²) in [6, 6.07) is 23.2. The van der Waals surface area contributed by atoms with Crippen LogP contribution in [0.3, 0.4) is 0 Å². The molecule has 0 spiro atoms. The highest BCUT2D eigenvalue weighted by molar-refractivity contribution is 7.22. The van der Waals surface area contributed by atoms with E-state index in [0.717, 1.165) is 37.3 Å². The van der Waals surface area contributed by atoms with E-state index in [1.165, 1.54) is 52.0 Å². The summed E-state index contributed by atoms with van der Waals surface area (Å²) in [5.41, 5.74) is 3.73. The van der Waals surface area contributed by atoms with Crippen molar-refractivity contribution in [1.29, 1.82) is 0 Å². The fraction of sp³-hybridized carbons (Fsp3) is 0.310. The second-order valence-corrected chi connectivity index (χ2v) is 10.3. The lowest BCUT2D eigenvalue weighted by molar-refractivity contribution is 0.263. The highest BCUT2D eigenvalue weighted by Crippen LogP contribution is 2.41. The zero-order valence-corrected chi connectivity index (χ0v) is 21.1. The van der Waals surface area contributed by atoms with Crippen LogP contribution in [0.2, 0.25) is 5.02 Å². The fourth-order valence-electron chi connectivity index (χ4n) is 4.71. The first-order chi connectivity index (χ1) is 16.7. The van der Waals surface area contributed by atoms with Gasteiger partial charge in [0.05, 0.1) is 18.7 Å². The third-order valence-electron chi connectivity index (χ3n) is 6.50. The van der Waals surface area contributed by atoms with Crippen LogP contribution in [-0.2, 0) is 6.42 Å². The first-order valence-corrected chi connectivity index (χ1v) is 13.2. The zero-order chi connectivity index (χ0) is 23.3. The van der Waals surface area contributed by atoms with Crippen LogP contribution >= 0.6 is 22.9 Å². The van der Waals surface area contributed by atoms with Crippen molar-refractivity contribution in [2.45, 2.75) is 25.7 Å². The van der Waals surface area contributed by atoms with Gasteiger partial charge in [-0.05, 0) is 97.2 Å². The molecular weight excluding hydrogens is 462 g/mol. The van der Waals surface area contributed by atoms with Crippen LogP contribution in [0.4, 0.5) is 0 Å². The number of thiophene rings is 1. The van der Waals surface area contributed by atoms with Gasteiger partial charge in [-0.25, -0.2) is 0 Å². The number of ether oxygens (including phenoxy) is 2. The lowest BCUT2D eigenvalue weighted by atomic mass is 9.99. The molecule has 5 rings (SSSR count). The number of rotatable bonds is 9. The lowest BCUT2D eigenvalue weighted by Crippen LogP contribution is -2.21. The van der Waals surface area contributed by atoms with Crippen LogP contribution in [0.1, 0.15) is 30.4 Å². The van der Waals surface area contributed by atoms with Crippen molar-refractivity contribution in [2.75, 3.05) is 33.4 Å². The van der Waals surface area contributed by atoms with Crippen LogP contribution in [0.15, 0.2) is 66.7 Å². The number of hydrogen-bond donors (Lipinski definition) is 0. The summed E-state index contributed by atoms with van der Waals surface area (Å²) in [7, 11) is 1.65. The molecular formula is C29H30ClNO2S. The van der Waals surface area contributed by atoms with Crippen molar-refractivity contribution in [3.63, 3.8) is 0 Å². The van der Waals surface area contributed by atoms with Crippen LogP contribution < -0.4 is 9.47 Å². The van der Waals surface area contributed by atoms with Gasteiger partial charge in [0.1, 0.15) is 11.5 Å². The van der Waals surface area contributed by atoms with Crippen molar-refractivity contribution in [2.24, 2.45) is 0 Å². The molecule has 1 aromatic heterocycles. The topological polar surface area (TPSA) is 21.7 Å². The third-order valence-corrected chi connectivity index (χ3v) is 8.06. The maximum Gasteiger partial charge on any atom is 0.137 e. The lowest BCUT2D eigenvalue weighted by Gasteiger charge is -2.14. The smallest absolute Gasteiger partial charge is 0.137 e. The number of hydrogen-bond acceptors (Lipinski definition) is 4. The summed E-state index contributed by atoms with van der Waals surface area (Å²) in [4.78, 5) is 3.79. The molecule has 0 bridgehead atoms. The number of fused-ring (bicyclic) bond motifs is 1. The molecule has 176 valence electrons. The first kappa shape index (κ1) is 23.2. The standard InChI is InChI=1S/C29H30ClNO2S/c1-32-27-14-11-22(20-26(27)30)29-25(24-7-2-3-8-28(24)34-29)19-21-9-12-23(13-10-21)33-18-6-17-31-15-4-5-16-31/h2-3,7-14,20H,4-6,15-19H2,1H3. The summed E-state index contributed by atoms with van der Waals surface area (Å²) in [6.45, 7) is 4.40. The van der Waals surface area contributed by atoms with Crippen molar-refractivity contribution >= 4 is 33.0 Å². The first-order valence-electron chi connectivity index (χ1n) is 12.0. The summed E-state index contributed by atoms with van der Waals surface area (Å²) in [5, 5.41) is 1.94. The summed E-state index contributed by atoms with van der Waals surface area (Å²) in [6.07, 6.45) is 4.62. The van der Waals surface area contributed by atoms with E-state index in [4.69, 9.17) is 21.1 Å². The van der Waals surface area contributed by atoms with Gasteiger partial charge in [-0.2, -0.15) is 0 Å². The molecule has 2 heterocycles. The second-order valence-electron chi connectivity index (χ2n) is 8.83. The molecule has 1 fully saturated rings. The molecule has 0 saturated carbocycles. The maximum absolute atomic E-state index is 6.46. The zero-order valence-electron chi connectivity index (χ0n) is 19.6. The minimum Gasteiger partial charge on any atom is -0.495 e. The Kier molecular flexibility index (Phi) is 7.39. The van der Waals surface area contributed by atoms with Gasteiger partial charge in [0, 0.05) is 16.1 Å². The summed E-state index contributed by atoms with van der Waals surface area (Å²) >= 11 is 8.28. The SMILES string of the molecule is COc1ccc(-c2sc3ccccc3c2Cc2ccc(OCCCN3CCCC3)cc2)cc1Cl. The highest BCUT2D eigenvalue weighted by atomic mass is 35.5. The molecule has 4 aromatic rings. The van der Waals surface area contributed by atoms with Gasteiger partial charge in [-0.3, -0.25) is 0 Å². The average Bonchev–Trinajstić information content (AvgIpc) is 3.51. The molecule has 34 heavy (non-hydrogen) atoms. The van der Waals surface area contributed by atoms with E-state index < -0.39 is 0 Å². The van der Waals surface area contributed by atoms with Gasteiger partial charge in [0.2, 0.25) is 0 Å². The molecule has 1 aliphatic heterocycles. The van der Waals surface area contributed by atoms with E-state index in [0.29, 0.717) is 10.8 Å². The molecule has 5 heteroatoms. The van der Waals surface area contributed by atoms with E-state index in [1.807, 2.05) is 23.5 Å². The Balaban J connectivity index is 1.32. The summed E-state index contributed by atoms with van der Waals surface area (Å²) in [5.74, 6) is 1.65. The van der Waals surface area contributed by atoms with Crippen LogP contribution in [0.5, 0.6) is 11.5 Å². The predicted molar refractivity (Wildman–Crippen MR) is 144 cm³/mol. The maximum atomic E-state index is 6.46. The number of methoxy groups -OCH3 is 1. The van der Waals surface area contributed by atoms with E-state index in [1.54, 1.807) is 7.11 Å². The van der Waals surface area contributed by atoms with E-state index >= 15 is 0 Å². The molecule has 0 radical (unpaired) electrons. The second kappa shape index (κ2) is 10.8. The van der Waals surface area contributed by atoms with Crippen molar-refractivity contribution < 1.29 is 9.47 Å². The van der Waals surface area contributed by atoms with Gasteiger partial charge in [0.25, 0.3) is 0 Å². The van der Waals surface area contributed by atoms with Gasteiger partial charge in [0.15, 0.2) is 0 Å². The number of halogens is 1. The number of nitrogens with zero attached hydrogens (tertiary/aromatic N) is 1. The molecule has 0 amide bonds. The predicted octanol–water partition coefficient (Wildman–Crippen LogP) is 7.69. The monoisotopic (exact) mass is 491 g/mol. The van der Waals surface area contributed by atoms with E-state index in [-0.39, 0.29) is 0 Å². The van der Waals surface area contributed by atoms with Crippen molar-refractivity contribution in [1.82, 2.24) is 4.90 Å². The molecule has 3 aromatic carbocycles. The number of benzene rings is 3. The van der Waals surface area contributed by atoms with Gasteiger partial charge in [-0.15, -0.1) is 11.3 Å². The van der Waals surface area contributed by atoms with Crippen molar-refractivity contribution in [3.05, 3.63) is 82.9 Å². The normalized spacial score (nSPS) is 14.1. The molecule has 0 unspecified atom stereocenters. The minimum absolute atomic E-state index is 0.634. The van der Waals surface area contributed by atoms with Gasteiger partial charge >= 0.3 is 0 Å². The fourth-order valence-corrected chi connectivity index (χ4v) is 6.18. The molecule has 0 atom stereocenters.